The number of hydrogen-bond donors (Lipinski definition) is 3. The molecule has 2 amide bonds. The predicted octanol–water partition coefficient (Wildman–Crippen LogP) is 3.21. The number of benzene rings is 1. The molecular formula is C15H19Cl2N3O2. The van der Waals surface area contributed by atoms with Gasteiger partial charge in [0, 0.05) is 12.6 Å². The molecule has 0 radical (unpaired) electrons. The number of carbonyl (C=O) groups is 2. The van der Waals surface area contributed by atoms with E-state index in [1.54, 1.807) is 12.1 Å². The molecule has 1 atom stereocenters. The molecule has 1 saturated carbocycles. The number of carbonyl (C=O) groups excluding carboxylic acids is 2. The van der Waals surface area contributed by atoms with Crippen molar-refractivity contribution in [1.82, 2.24) is 5.32 Å². The normalized spacial score (nSPS) is 16.3. The average molecular weight is 344 g/mol. The Balaban J connectivity index is 2.15. The summed E-state index contributed by atoms with van der Waals surface area (Å²) in [5.41, 5.74) is 6.41. The summed E-state index contributed by atoms with van der Waals surface area (Å²) < 4.78 is 0. The first-order valence-electron chi connectivity index (χ1n) is 7.21. The maximum atomic E-state index is 12.5. The Kier molecular flexibility index (Phi) is 5.53. The van der Waals surface area contributed by atoms with Crippen LogP contribution in [0.3, 0.4) is 0 Å². The van der Waals surface area contributed by atoms with Gasteiger partial charge in [0.05, 0.1) is 15.7 Å². The molecule has 1 unspecified atom stereocenters. The fourth-order valence-corrected chi connectivity index (χ4v) is 3.27. The summed E-state index contributed by atoms with van der Waals surface area (Å²) in [6, 6.07) is 2.54. The first kappa shape index (κ1) is 16.9. The van der Waals surface area contributed by atoms with Crippen LogP contribution in [0.1, 0.15) is 32.6 Å². The average Bonchev–Trinajstić information content (AvgIpc) is 2.95. The van der Waals surface area contributed by atoms with Crippen molar-refractivity contribution in [2.45, 2.75) is 38.6 Å². The molecule has 0 bridgehead atoms. The highest BCUT2D eigenvalue weighted by atomic mass is 35.5. The van der Waals surface area contributed by atoms with Gasteiger partial charge in [-0.15, -0.1) is 0 Å². The molecule has 2 rings (SSSR count). The molecule has 1 aromatic carbocycles. The molecule has 1 aliphatic carbocycles. The second-order valence-electron chi connectivity index (χ2n) is 5.57. The maximum absolute atomic E-state index is 12.5. The number of anilines is 2. The van der Waals surface area contributed by atoms with Gasteiger partial charge in [-0.05, 0) is 30.9 Å². The number of nitrogen functional groups attached to an aromatic ring is 1. The zero-order valence-electron chi connectivity index (χ0n) is 12.3. The van der Waals surface area contributed by atoms with Crippen molar-refractivity contribution in [2.24, 2.45) is 5.92 Å². The minimum atomic E-state index is -0.546. The second kappa shape index (κ2) is 7.20. The first-order chi connectivity index (χ1) is 10.4. The standard InChI is InChI=1S/C15H19Cl2N3O2/c1-8(21)19-14(9-4-2-3-5-9)15(22)20-10-6-11(16)13(18)12(17)7-10/h6-7,9,14H,2-5,18H2,1H3,(H,19,21)(H,20,22). The van der Waals surface area contributed by atoms with E-state index in [1.807, 2.05) is 0 Å². The van der Waals surface area contributed by atoms with Crippen LogP contribution in [0.4, 0.5) is 11.4 Å². The Bertz CT molecular complexity index is 563. The van der Waals surface area contributed by atoms with Crippen LogP contribution in [0, 0.1) is 5.92 Å². The molecule has 7 heteroatoms. The fraction of sp³-hybridized carbons (Fsp3) is 0.467. The third kappa shape index (κ3) is 4.05. The summed E-state index contributed by atoms with van der Waals surface area (Å²) in [5, 5.41) is 6.05. The van der Waals surface area contributed by atoms with Crippen molar-refractivity contribution in [2.75, 3.05) is 11.1 Å². The lowest BCUT2D eigenvalue weighted by Gasteiger charge is -2.23. The molecule has 4 N–H and O–H groups in total. The second-order valence-corrected chi connectivity index (χ2v) is 6.38. The Morgan fingerprint density at radius 2 is 1.77 bits per heavy atom. The van der Waals surface area contributed by atoms with Crippen LogP contribution in [-0.2, 0) is 9.59 Å². The highest BCUT2D eigenvalue weighted by molar-refractivity contribution is 6.39. The Morgan fingerprint density at radius 3 is 2.27 bits per heavy atom. The summed E-state index contributed by atoms with van der Waals surface area (Å²) >= 11 is 11.9. The zero-order valence-corrected chi connectivity index (χ0v) is 13.8. The van der Waals surface area contributed by atoms with Gasteiger partial charge in [0.15, 0.2) is 0 Å². The van der Waals surface area contributed by atoms with E-state index in [4.69, 9.17) is 28.9 Å². The quantitative estimate of drug-likeness (QED) is 0.734. The highest BCUT2D eigenvalue weighted by Gasteiger charge is 2.31. The van der Waals surface area contributed by atoms with Gasteiger partial charge in [-0.1, -0.05) is 36.0 Å². The van der Waals surface area contributed by atoms with Crippen LogP contribution in [0.15, 0.2) is 12.1 Å². The van der Waals surface area contributed by atoms with Gasteiger partial charge >= 0.3 is 0 Å². The zero-order chi connectivity index (χ0) is 16.3. The van der Waals surface area contributed by atoms with Crippen LogP contribution in [-0.4, -0.2) is 17.9 Å². The highest BCUT2D eigenvalue weighted by Crippen LogP contribution is 2.32. The number of nitrogens with two attached hydrogens (primary N) is 1. The first-order valence-corrected chi connectivity index (χ1v) is 7.96. The molecule has 0 aromatic heterocycles. The lowest BCUT2D eigenvalue weighted by atomic mass is 9.97. The third-order valence-corrected chi connectivity index (χ3v) is 4.48. The molecule has 0 saturated heterocycles. The van der Waals surface area contributed by atoms with Gasteiger partial charge in [-0.3, -0.25) is 9.59 Å². The minimum absolute atomic E-state index is 0.156. The molecule has 22 heavy (non-hydrogen) atoms. The van der Waals surface area contributed by atoms with Crippen molar-refractivity contribution >= 4 is 46.4 Å². The van der Waals surface area contributed by atoms with Crippen LogP contribution in [0.2, 0.25) is 10.0 Å². The number of nitrogens with one attached hydrogen (secondary N) is 2. The van der Waals surface area contributed by atoms with E-state index in [-0.39, 0.29) is 33.5 Å². The van der Waals surface area contributed by atoms with E-state index in [2.05, 4.69) is 10.6 Å². The smallest absolute Gasteiger partial charge is 0.247 e. The van der Waals surface area contributed by atoms with Crippen molar-refractivity contribution in [1.29, 1.82) is 0 Å². The maximum Gasteiger partial charge on any atom is 0.247 e. The van der Waals surface area contributed by atoms with Crippen LogP contribution in [0.25, 0.3) is 0 Å². The molecule has 0 spiro atoms. The van der Waals surface area contributed by atoms with Crippen molar-refractivity contribution < 1.29 is 9.59 Å². The van der Waals surface area contributed by atoms with Gasteiger partial charge in [-0.2, -0.15) is 0 Å². The Labute approximate surface area is 139 Å². The van der Waals surface area contributed by atoms with Crippen LogP contribution in [0.5, 0.6) is 0 Å². The van der Waals surface area contributed by atoms with Gasteiger partial charge < -0.3 is 16.4 Å². The van der Waals surface area contributed by atoms with E-state index >= 15 is 0 Å². The van der Waals surface area contributed by atoms with Crippen molar-refractivity contribution in [3.8, 4) is 0 Å². The van der Waals surface area contributed by atoms with E-state index in [0.717, 1.165) is 25.7 Å². The van der Waals surface area contributed by atoms with Crippen molar-refractivity contribution in [3.05, 3.63) is 22.2 Å². The molecule has 1 fully saturated rings. The lowest BCUT2D eigenvalue weighted by molar-refractivity contribution is -0.126. The van der Waals surface area contributed by atoms with Gasteiger partial charge in [0.2, 0.25) is 11.8 Å². The largest absolute Gasteiger partial charge is 0.396 e. The molecule has 1 aliphatic rings. The molecular weight excluding hydrogens is 325 g/mol. The monoisotopic (exact) mass is 343 g/mol. The number of rotatable bonds is 4. The van der Waals surface area contributed by atoms with E-state index in [0.29, 0.717) is 5.69 Å². The predicted molar refractivity (Wildman–Crippen MR) is 89.1 cm³/mol. The number of halogens is 2. The molecule has 120 valence electrons. The molecule has 0 aliphatic heterocycles. The summed E-state index contributed by atoms with van der Waals surface area (Å²) in [4.78, 5) is 23.9. The van der Waals surface area contributed by atoms with E-state index in [9.17, 15) is 9.59 Å². The van der Waals surface area contributed by atoms with Crippen LogP contribution < -0.4 is 16.4 Å². The summed E-state index contributed by atoms with van der Waals surface area (Å²) in [5.74, 6) is -0.331. The molecule has 5 nitrogen and oxygen atoms in total. The van der Waals surface area contributed by atoms with Gasteiger partial charge in [0.1, 0.15) is 6.04 Å². The topological polar surface area (TPSA) is 84.2 Å². The fourth-order valence-electron chi connectivity index (χ4n) is 2.78. The number of amides is 2. The van der Waals surface area contributed by atoms with Gasteiger partial charge in [0.25, 0.3) is 0 Å². The SMILES string of the molecule is CC(=O)NC(C(=O)Nc1cc(Cl)c(N)c(Cl)c1)C1CCCC1. The Morgan fingerprint density at radius 1 is 1.23 bits per heavy atom. The Hall–Kier alpha value is -1.46. The van der Waals surface area contributed by atoms with Crippen LogP contribution >= 0.6 is 23.2 Å². The van der Waals surface area contributed by atoms with Gasteiger partial charge in [-0.25, -0.2) is 0 Å². The number of hydrogen-bond acceptors (Lipinski definition) is 3. The van der Waals surface area contributed by atoms with E-state index in [1.165, 1.54) is 6.92 Å². The summed E-state index contributed by atoms with van der Waals surface area (Å²) in [7, 11) is 0. The third-order valence-electron chi connectivity index (χ3n) is 3.86. The lowest BCUT2D eigenvalue weighted by Crippen LogP contribution is -2.47. The molecule has 1 aromatic rings. The van der Waals surface area contributed by atoms with E-state index < -0.39 is 6.04 Å². The summed E-state index contributed by atoms with van der Waals surface area (Å²) in [6.07, 6.45) is 4.02. The van der Waals surface area contributed by atoms with Crippen molar-refractivity contribution in [3.63, 3.8) is 0 Å². The summed E-state index contributed by atoms with van der Waals surface area (Å²) in [6.45, 7) is 1.41. The minimum Gasteiger partial charge on any atom is -0.396 e. The molecule has 0 heterocycles.